The number of hydrogen-bond donors (Lipinski definition) is 0. The highest BCUT2D eigenvalue weighted by atomic mass is 16.5. The molecule has 0 N–H and O–H groups in total. The first-order valence-electron chi connectivity index (χ1n) is 13.4. The Morgan fingerprint density at radius 1 is 0.833 bits per heavy atom. The molecule has 3 aromatic carbocycles. The van der Waals surface area contributed by atoms with Gasteiger partial charge < -0.3 is 4.74 Å². The predicted molar refractivity (Wildman–Crippen MR) is 158 cm³/mol. The number of pyridine rings is 2. The lowest BCUT2D eigenvalue weighted by Gasteiger charge is -2.34. The summed E-state index contributed by atoms with van der Waals surface area (Å²) in [7, 11) is 0. The molecule has 0 saturated carbocycles. The van der Waals surface area contributed by atoms with E-state index in [1.165, 1.54) is 6.20 Å². The van der Waals surface area contributed by atoms with Crippen LogP contribution in [0.1, 0.15) is 23.6 Å². The zero-order chi connectivity index (χ0) is 28.8. The highest BCUT2D eigenvalue weighted by Crippen LogP contribution is 2.44. The van der Waals surface area contributed by atoms with E-state index in [-0.39, 0.29) is 11.5 Å². The Hall–Kier alpha value is -5.79. The van der Waals surface area contributed by atoms with Gasteiger partial charge in [0.2, 0.25) is 11.9 Å². The van der Waals surface area contributed by atoms with E-state index in [9.17, 15) is 4.79 Å². The maximum absolute atomic E-state index is 11.3. The molecule has 42 heavy (non-hydrogen) atoms. The smallest absolute Gasteiger partial charge is 0.240 e. The molecule has 0 radical (unpaired) electrons. The van der Waals surface area contributed by atoms with Gasteiger partial charge in [-0.15, -0.1) is 15.0 Å². The average Bonchev–Trinajstić information content (AvgIpc) is 3.54. The standard InChI is InChI=1S/C33H25N7O2/c1-2-42-31-28(36-23-41)22-35-30(24-13-12-20-34-21-24)29(31)32-37-39-40(38-32)33(25-14-6-3-7-15-25,26-16-8-4-9-17-26)27-18-10-5-11-19-27/h3-22H,2H2,1H3. The lowest BCUT2D eigenvalue weighted by atomic mass is 9.77. The molecule has 0 aliphatic carbocycles. The summed E-state index contributed by atoms with van der Waals surface area (Å²) >= 11 is 0. The largest absolute Gasteiger partial charge is 0.491 e. The van der Waals surface area contributed by atoms with Gasteiger partial charge in [-0.25, -0.2) is 4.79 Å². The lowest BCUT2D eigenvalue weighted by Crippen LogP contribution is -2.39. The van der Waals surface area contributed by atoms with Crippen LogP contribution < -0.4 is 4.74 Å². The fraction of sp³-hybridized carbons (Fsp3) is 0.0909. The van der Waals surface area contributed by atoms with E-state index in [1.54, 1.807) is 23.3 Å². The second-order valence-corrected chi connectivity index (χ2v) is 9.28. The highest BCUT2D eigenvalue weighted by Gasteiger charge is 2.41. The van der Waals surface area contributed by atoms with Crippen LogP contribution in [0.3, 0.4) is 0 Å². The third-order valence-corrected chi connectivity index (χ3v) is 6.91. The van der Waals surface area contributed by atoms with Crippen LogP contribution in [-0.2, 0) is 10.3 Å². The predicted octanol–water partition coefficient (Wildman–Crippen LogP) is 6.00. The maximum Gasteiger partial charge on any atom is 0.240 e. The molecule has 6 aromatic rings. The van der Waals surface area contributed by atoms with E-state index in [4.69, 9.17) is 9.84 Å². The molecule has 3 heterocycles. The third-order valence-electron chi connectivity index (χ3n) is 6.91. The van der Waals surface area contributed by atoms with Crippen molar-refractivity contribution >= 4 is 11.8 Å². The first-order valence-corrected chi connectivity index (χ1v) is 13.4. The molecule has 9 heteroatoms. The van der Waals surface area contributed by atoms with Crippen molar-refractivity contribution in [2.24, 2.45) is 4.99 Å². The monoisotopic (exact) mass is 551 g/mol. The summed E-state index contributed by atoms with van der Waals surface area (Å²) < 4.78 is 6.04. The summed E-state index contributed by atoms with van der Waals surface area (Å²) in [6.07, 6.45) is 6.43. The van der Waals surface area contributed by atoms with Gasteiger partial charge >= 0.3 is 0 Å². The molecule has 3 aromatic heterocycles. The first-order chi connectivity index (χ1) is 20.8. The second-order valence-electron chi connectivity index (χ2n) is 9.28. The van der Waals surface area contributed by atoms with Gasteiger partial charge in [-0.3, -0.25) is 9.97 Å². The van der Waals surface area contributed by atoms with Gasteiger partial charge in [0.1, 0.15) is 5.69 Å². The molecule has 0 unspecified atom stereocenters. The minimum absolute atomic E-state index is 0.214. The summed E-state index contributed by atoms with van der Waals surface area (Å²) in [6.45, 7) is 2.15. The van der Waals surface area contributed by atoms with Crippen molar-refractivity contribution in [3.05, 3.63) is 138 Å². The normalized spacial score (nSPS) is 11.1. The topological polar surface area (TPSA) is 108 Å². The first kappa shape index (κ1) is 26.4. The van der Waals surface area contributed by atoms with E-state index in [1.807, 2.05) is 73.7 Å². The molecular weight excluding hydrogens is 526 g/mol. The average molecular weight is 552 g/mol. The molecule has 0 saturated heterocycles. The minimum Gasteiger partial charge on any atom is -0.491 e. The molecule has 0 aliphatic heterocycles. The number of benzene rings is 3. The van der Waals surface area contributed by atoms with Gasteiger partial charge in [0.05, 0.1) is 24.1 Å². The quantitative estimate of drug-likeness (QED) is 0.123. The summed E-state index contributed by atoms with van der Waals surface area (Å²) in [6, 6.07) is 33.9. The van der Waals surface area contributed by atoms with E-state index in [0.29, 0.717) is 29.2 Å². The number of ether oxygens (including phenoxy) is 1. The maximum atomic E-state index is 11.3. The Bertz CT molecular complexity index is 1740. The number of hydrogen-bond acceptors (Lipinski definition) is 8. The molecule has 0 bridgehead atoms. The highest BCUT2D eigenvalue weighted by molar-refractivity contribution is 5.86. The molecular formula is C33H25N7O2. The number of carbonyl (C=O) groups excluding carboxylic acids is 1. The Morgan fingerprint density at radius 3 is 1.98 bits per heavy atom. The van der Waals surface area contributed by atoms with Crippen LogP contribution in [0.5, 0.6) is 5.75 Å². The van der Waals surface area contributed by atoms with Crippen molar-refractivity contribution in [2.75, 3.05) is 6.61 Å². The zero-order valence-corrected chi connectivity index (χ0v) is 22.7. The van der Waals surface area contributed by atoms with Gasteiger partial charge in [-0.2, -0.15) is 4.99 Å². The fourth-order valence-corrected chi connectivity index (χ4v) is 5.17. The molecule has 204 valence electrons. The van der Waals surface area contributed by atoms with Crippen molar-refractivity contribution in [2.45, 2.75) is 12.5 Å². The second kappa shape index (κ2) is 11.8. The summed E-state index contributed by atoms with van der Waals surface area (Å²) in [5.41, 5.74) is 3.75. The van der Waals surface area contributed by atoms with Crippen LogP contribution >= 0.6 is 0 Å². The van der Waals surface area contributed by atoms with Crippen molar-refractivity contribution in [3.63, 3.8) is 0 Å². The van der Waals surface area contributed by atoms with Gasteiger partial charge in [-0.05, 0) is 41.0 Å². The Labute approximate surface area is 242 Å². The van der Waals surface area contributed by atoms with Crippen molar-refractivity contribution in [1.29, 1.82) is 0 Å². The fourth-order valence-electron chi connectivity index (χ4n) is 5.17. The van der Waals surface area contributed by atoms with Crippen molar-refractivity contribution in [3.8, 4) is 28.4 Å². The van der Waals surface area contributed by atoms with Gasteiger partial charge in [0.15, 0.2) is 11.3 Å². The van der Waals surface area contributed by atoms with Crippen molar-refractivity contribution < 1.29 is 9.53 Å². The zero-order valence-electron chi connectivity index (χ0n) is 22.7. The van der Waals surface area contributed by atoms with Crippen LogP contribution in [0.4, 0.5) is 5.69 Å². The van der Waals surface area contributed by atoms with E-state index < -0.39 is 5.54 Å². The van der Waals surface area contributed by atoms with Gasteiger partial charge in [0, 0.05) is 18.0 Å². The number of nitrogens with zero attached hydrogens (tertiary/aromatic N) is 7. The molecule has 0 aliphatic rings. The number of rotatable bonds is 9. The van der Waals surface area contributed by atoms with Crippen LogP contribution in [0.25, 0.3) is 22.6 Å². The lowest BCUT2D eigenvalue weighted by molar-refractivity contribution is 0.342. The SMILES string of the molecule is CCOc1c(N=C=O)cnc(-c2cccnc2)c1-c1nnn(C(c2ccccc2)(c2ccccc2)c2ccccc2)n1. The molecule has 0 amide bonds. The Kier molecular flexibility index (Phi) is 7.40. The number of isocyanates is 1. The number of aliphatic imine (C=N–C) groups is 1. The van der Waals surface area contributed by atoms with Crippen LogP contribution in [-0.4, -0.2) is 42.9 Å². The summed E-state index contributed by atoms with van der Waals surface area (Å²) in [5.74, 6) is 0.555. The summed E-state index contributed by atoms with van der Waals surface area (Å²) in [5, 5.41) is 14.3. The molecule has 0 atom stereocenters. The number of tetrazole rings is 1. The Morgan fingerprint density at radius 2 is 1.45 bits per heavy atom. The van der Waals surface area contributed by atoms with E-state index in [0.717, 1.165) is 16.7 Å². The van der Waals surface area contributed by atoms with Gasteiger partial charge in [0.25, 0.3) is 0 Å². The molecule has 0 fully saturated rings. The van der Waals surface area contributed by atoms with Crippen LogP contribution in [0.15, 0.2) is 127 Å². The van der Waals surface area contributed by atoms with Gasteiger partial charge in [-0.1, -0.05) is 91.0 Å². The van der Waals surface area contributed by atoms with E-state index >= 15 is 0 Å². The van der Waals surface area contributed by atoms with Crippen LogP contribution in [0, 0.1) is 0 Å². The third kappa shape index (κ3) is 4.64. The number of aromatic nitrogens is 6. The molecule has 0 spiro atoms. The molecule has 6 rings (SSSR count). The van der Waals surface area contributed by atoms with E-state index in [2.05, 4.69) is 61.7 Å². The van der Waals surface area contributed by atoms with Crippen LogP contribution in [0.2, 0.25) is 0 Å². The molecule has 9 nitrogen and oxygen atoms in total. The minimum atomic E-state index is -0.971. The van der Waals surface area contributed by atoms with Crippen molar-refractivity contribution in [1.82, 2.24) is 30.2 Å². The Balaban J connectivity index is 1.67. The summed E-state index contributed by atoms with van der Waals surface area (Å²) in [4.78, 5) is 25.7.